The molecular formula is C22H27F4N5. The molecule has 9 heteroatoms. The van der Waals surface area contributed by atoms with Crippen molar-refractivity contribution in [2.24, 2.45) is 5.92 Å². The lowest BCUT2D eigenvalue weighted by Gasteiger charge is -2.20. The standard InChI is InChI=1S/C22H27F4N5/c1-2-3-15-11-20(31-9-8-17(13-31)27-12-14-4-5-14)30-21(28-15)29-16-6-7-19(23)18(10-16)22(24,25)26/h6-7,10-11,14,17,27H,2-5,8-9,12-13H2,1H3,(H,28,29,30)/t17-/m0/s1. The summed E-state index contributed by atoms with van der Waals surface area (Å²) in [5.41, 5.74) is -0.396. The predicted molar refractivity (Wildman–Crippen MR) is 112 cm³/mol. The second-order valence-electron chi connectivity index (χ2n) is 8.39. The maximum Gasteiger partial charge on any atom is 0.419 e. The van der Waals surface area contributed by atoms with E-state index in [1.165, 1.54) is 18.9 Å². The van der Waals surface area contributed by atoms with Gasteiger partial charge in [-0.1, -0.05) is 13.3 Å². The number of aromatic nitrogens is 2. The van der Waals surface area contributed by atoms with Crippen LogP contribution in [-0.2, 0) is 12.6 Å². The normalized spacial score (nSPS) is 19.1. The fourth-order valence-electron chi connectivity index (χ4n) is 3.82. The van der Waals surface area contributed by atoms with E-state index in [1.807, 2.05) is 13.0 Å². The SMILES string of the molecule is CCCc1cc(N2CC[C@H](NCC3CC3)C2)nc(Nc2ccc(F)c(C(F)(F)F)c2)n1. The Morgan fingerprint density at radius 1 is 1.13 bits per heavy atom. The van der Waals surface area contributed by atoms with Gasteiger partial charge in [-0.15, -0.1) is 0 Å². The van der Waals surface area contributed by atoms with Gasteiger partial charge in [0, 0.05) is 36.6 Å². The Morgan fingerprint density at radius 2 is 1.94 bits per heavy atom. The lowest BCUT2D eigenvalue weighted by atomic mass is 10.2. The number of halogens is 4. The summed E-state index contributed by atoms with van der Waals surface area (Å²) >= 11 is 0. The summed E-state index contributed by atoms with van der Waals surface area (Å²) in [5, 5.41) is 6.46. The highest BCUT2D eigenvalue weighted by molar-refractivity contribution is 5.57. The summed E-state index contributed by atoms with van der Waals surface area (Å²) in [5.74, 6) is 0.489. The van der Waals surface area contributed by atoms with Crippen molar-refractivity contribution in [3.05, 3.63) is 41.3 Å². The topological polar surface area (TPSA) is 53.1 Å². The number of nitrogens with zero attached hydrogens (tertiary/aromatic N) is 3. The molecular weight excluding hydrogens is 410 g/mol. The second-order valence-corrected chi connectivity index (χ2v) is 8.39. The molecule has 1 aliphatic heterocycles. The summed E-state index contributed by atoms with van der Waals surface area (Å²) in [4.78, 5) is 11.2. The van der Waals surface area contributed by atoms with E-state index in [1.54, 1.807) is 0 Å². The van der Waals surface area contributed by atoms with Crippen LogP contribution >= 0.6 is 0 Å². The average Bonchev–Trinajstić information content (AvgIpc) is 3.42. The summed E-state index contributed by atoms with van der Waals surface area (Å²) in [6, 6.07) is 5.17. The third-order valence-electron chi connectivity index (χ3n) is 5.70. The minimum absolute atomic E-state index is 0.0960. The van der Waals surface area contributed by atoms with Gasteiger partial charge in [-0.25, -0.2) is 9.37 Å². The molecule has 2 aliphatic rings. The van der Waals surface area contributed by atoms with E-state index in [9.17, 15) is 17.6 Å². The van der Waals surface area contributed by atoms with Crippen molar-refractivity contribution in [2.45, 2.75) is 51.2 Å². The van der Waals surface area contributed by atoms with Gasteiger partial charge >= 0.3 is 6.18 Å². The highest BCUT2D eigenvalue weighted by Crippen LogP contribution is 2.34. The van der Waals surface area contributed by atoms with Crippen LogP contribution in [0.25, 0.3) is 0 Å². The quantitative estimate of drug-likeness (QED) is 0.575. The zero-order chi connectivity index (χ0) is 22.0. The van der Waals surface area contributed by atoms with Crippen LogP contribution in [0.3, 0.4) is 0 Å². The molecule has 2 aromatic rings. The van der Waals surface area contributed by atoms with Crippen molar-refractivity contribution in [3.8, 4) is 0 Å². The first kappa shape index (κ1) is 21.8. The fraction of sp³-hybridized carbons (Fsp3) is 0.545. The van der Waals surface area contributed by atoms with Gasteiger partial charge in [0.05, 0.1) is 5.56 Å². The summed E-state index contributed by atoms with van der Waals surface area (Å²) in [7, 11) is 0. The highest BCUT2D eigenvalue weighted by Gasteiger charge is 2.34. The molecule has 1 aromatic carbocycles. The smallest absolute Gasteiger partial charge is 0.355 e. The van der Waals surface area contributed by atoms with E-state index in [0.29, 0.717) is 6.04 Å². The monoisotopic (exact) mass is 437 g/mol. The van der Waals surface area contributed by atoms with Gasteiger partial charge in [0.2, 0.25) is 5.95 Å². The van der Waals surface area contributed by atoms with Gasteiger partial charge < -0.3 is 15.5 Å². The predicted octanol–water partition coefficient (Wildman–Crippen LogP) is 4.91. The Labute approximate surface area is 179 Å². The van der Waals surface area contributed by atoms with Gasteiger partial charge in [-0.3, -0.25) is 0 Å². The molecule has 1 aromatic heterocycles. The van der Waals surface area contributed by atoms with Crippen LogP contribution < -0.4 is 15.5 Å². The Bertz CT molecular complexity index is 913. The highest BCUT2D eigenvalue weighted by atomic mass is 19.4. The van der Waals surface area contributed by atoms with Crippen molar-refractivity contribution in [1.82, 2.24) is 15.3 Å². The molecule has 0 spiro atoms. The molecule has 5 nitrogen and oxygen atoms in total. The first-order chi connectivity index (χ1) is 14.8. The molecule has 168 valence electrons. The minimum Gasteiger partial charge on any atom is -0.355 e. The molecule has 0 unspecified atom stereocenters. The van der Waals surface area contributed by atoms with Crippen LogP contribution in [0.4, 0.5) is 35.0 Å². The number of benzene rings is 1. The Morgan fingerprint density at radius 3 is 2.65 bits per heavy atom. The van der Waals surface area contributed by atoms with Crippen molar-refractivity contribution >= 4 is 17.5 Å². The third-order valence-corrected chi connectivity index (χ3v) is 5.70. The van der Waals surface area contributed by atoms with E-state index >= 15 is 0 Å². The Balaban J connectivity index is 1.52. The Kier molecular flexibility index (Phi) is 6.31. The minimum atomic E-state index is -4.77. The third kappa shape index (κ3) is 5.64. The number of hydrogen-bond acceptors (Lipinski definition) is 5. The van der Waals surface area contributed by atoms with Crippen LogP contribution in [0.2, 0.25) is 0 Å². The average molecular weight is 437 g/mol. The molecule has 0 bridgehead atoms. The second kappa shape index (κ2) is 8.98. The van der Waals surface area contributed by atoms with Crippen LogP contribution in [0.1, 0.15) is 43.9 Å². The van der Waals surface area contributed by atoms with E-state index < -0.39 is 17.6 Å². The molecule has 31 heavy (non-hydrogen) atoms. The fourth-order valence-corrected chi connectivity index (χ4v) is 3.82. The van der Waals surface area contributed by atoms with Crippen molar-refractivity contribution in [2.75, 3.05) is 29.9 Å². The maximum atomic E-state index is 13.6. The van der Waals surface area contributed by atoms with Gasteiger partial charge in [-0.05, 0) is 56.3 Å². The van der Waals surface area contributed by atoms with Gasteiger partial charge in [0.1, 0.15) is 11.6 Å². The van der Waals surface area contributed by atoms with E-state index in [0.717, 1.165) is 68.5 Å². The van der Waals surface area contributed by atoms with Gasteiger partial charge in [-0.2, -0.15) is 18.2 Å². The van der Waals surface area contributed by atoms with Crippen LogP contribution in [0.15, 0.2) is 24.3 Å². The van der Waals surface area contributed by atoms with E-state index in [2.05, 4.69) is 25.5 Å². The van der Waals surface area contributed by atoms with E-state index in [-0.39, 0.29) is 11.6 Å². The number of aryl methyl sites for hydroxylation is 1. The maximum absolute atomic E-state index is 13.6. The summed E-state index contributed by atoms with van der Waals surface area (Å²) in [6.45, 7) is 4.79. The van der Waals surface area contributed by atoms with Crippen molar-refractivity contribution < 1.29 is 17.6 Å². The molecule has 1 saturated heterocycles. The zero-order valence-electron chi connectivity index (χ0n) is 17.5. The number of anilines is 3. The molecule has 1 aliphatic carbocycles. The zero-order valence-corrected chi connectivity index (χ0v) is 17.5. The molecule has 2 fully saturated rings. The number of alkyl halides is 3. The first-order valence-corrected chi connectivity index (χ1v) is 10.8. The van der Waals surface area contributed by atoms with Crippen LogP contribution in [0, 0.1) is 11.7 Å². The lowest BCUT2D eigenvalue weighted by molar-refractivity contribution is -0.139. The van der Waals surface area contributed by atoms with Crippen molar-refractivity contribution in [3.63, 3.8) is 0 Å². The van der Waals surface area contributed by atoms with Crippen LogP contribution in [0.5, 0.6) is 0 Å². The molecule has 1 saturated carbocycles. The summed E-state index contributed by atoms with van der Waals surface area (Å²) in [6.07, 6.45) is 0.495. The van der Waals surface area contributed by atoms with E-state index in [4.69, 9.17) is 0 Å². The van der Waals surface area contributed by atoms with Gasteiger partial charge in [0.25, 0.3) is 0 Å². The molecule has 0 radical (unpaired) electrons. The van der Waals surface area contributed by atoms with Gasteiger partial charge in [0.15, 0.2) is 0 Å². The first-order valence-electron chi connectivity index (χ1n) is 10.8. The van der Waals surface area contributed by atoms with Crippen molar-refractivity contribution in [1.29, 1.82) is 0 Å². The molecule has 4 rings (SSSR count). The summed E-state index contributed by atoms with van der Waals surface area (Å²) < 4.78 is 52.7. The molecule has 2 N–H and O–H groups in total. The number of nitrogens with one attached hydrogen (secondary N) is 2. The number of rotatable bonds is 8. The molecule has 2 heterocycles. The largest absolute Gasteiger partial charge is 0.419 e. The molecule has 0 amide bonds. The lowest BCUT2D eigenvalue weighted by Crippen LogP contribution is -2.34. The Hall–Kier alpha value is -2.42. The number of hydrogen-bond donors (Lipinski definition) is 2. The van der Waals surface area contributed by atoms with Crippen LogP contribution in [-0.4, -0.2) is 35.6 Å². The molecule has 1 atom stereocenters.